The Balaban J connectivity index is 1.92. The summed E-state index contributed by atoms with van der Waals surface area (Å²) in [4.78, 5) is -0.430. The first kappa shape index (κ1) is 15.1. The van der Waals surface area contributed by atoms with Crippen LogP contribution in [0.15, 0.2) is 66.7 Å². The Morgan fingerprint density at radius 3 is 2.55 bits per heavy atom. The summed E-state index contributed by atoms with van der Waals surface area (Å²) in [5.74, 6) is 0.201. The van der Waals surface area contributed by atoms with E-state index in [0.29, 0.717) is 0 Å². The van der Waals surface area contributed by atoms with Crippen LogP contribution in [0.2, 0.25) is 0 Å². The third kappa shape index (κ3) is 3.03. The third-order valence-electron chi connectivity index (χ3n) is 4.23. The van der Waals surface area contributed by atoms with Crippen LogP contribution in [0.1, 0.15) is 35.4 Å². The molecule has 0 amide bonds. The molecule has 0 heterocycles. The van der Waals surface area contributed by atoms with Gasteiger partial charge in [0.05, 0.1) is 4.87 Å². The highest BCUT2D eigenvalue weighted by Gasteiger charge is 2.36. The molecule has 1 radical (unpaired) electrons. The molecule has 2 aromatic rings. The monoisotopic (exact) mass is 307 g/mol. The summed E-state index contributed by atoms with van der Waals surface area (Å²) in [5, 5.41) is 0. The Bertz CT molecular complexity index is 684. The highest BCUT2D eigenvalue weighted by molar-refractivity contribution is 6.26. The van der Waals surface area contributed by atoms with Crippen molar-refractivity contribution < 1.29 is 0 Å². The van der Waals surface area contributed by atoms with Gasteiger partial charge in [-0.2, -0.15) is 0 Å². The van der Waals surface area contributed by atoms with Gasteiger partial charge >= 0.3 is 0 Å². The predicted octanol–water partition coefficient (Wildman–Crippen LogP) is 6.10. The van der Waals surface area contributed by atoms with E-state index < -0.39 is 4.87 Å². The fourth-order valence-corrected chi connectivity index (χ4v) is 3.47. The number of halogens is 1. The van der Waals surface area contributed by atoms with Gasteiger partial charge in [-0.3, -0.25) is 0 Å². The van der Waals surface area contributed by atoms with Crippen molar-refractivity contribution in [3.8, 4) is 0 Å². The van der Waals surface area contributed by atoms with Crippen LogP contribution in [0.25, 0.3) is 12.2 Å². The molecule has 2 unspecified atom stereocenters. The fraction of sp³-hybridized carbons (Fsp3) is 0.190. The molecule has 0 saturated carbocycles. The molecule has 111 valence electrons. The van der Waals surface area contributed by atoms with E-state index in [4.69, 9.17) is 11.6 Å². The Kier molecular flexibility index (Phi) is 4.49. The number of allylic oxidation sites excluding steroid dienone is 2. The van der Waals surface area contributed by atoms with Gasteiger partial charge in [0, 0.05) is 5.92 Å². The molecule has 1 aliphatic carbocycles. The number of fused-ring (bicyclic) bond motifs is 1. The summed E-state index contributed by atoms with van der Waals surface area (Å²) < 4.78 is 0. The largest absolute Gasteiger partial charge is 0.114 e. The van der Waals surface area contributed by atoms with Gasteiger partial charge < -0.3 is 0 Å². The summed E-state index contributed by atoms with van der Waals surface area (Å²) >= 11 is 7.05. The molecule has 0 N–H and O–H groups in total. The van der Waals surface area contributed by atoms with Crippen LogP contribution >= 0.6 is 11.6 Å². The van der Waals surface area contributed by atoms with Crippen LogP contribution in [0.4, 0.5) is 0 Å². The Hall–Kier alpha value is -1.79. The molecule has 1 aliphatic rings. The maximum atomic E-state index is 7.05. The van der Waals surface area contributed by atoms with E-state index in [1.54, 1.807) is 0 Å². The zero-order valence-corrected chi connectivity index (χ0v) is 13.3. The highest BCUT2D eigenvalue weighted by Crippen LogP contribution is 2.45. The lowest BCUT2D eigenvalue weighted by Gasteiger charge is -2.30. The predicted molar refractivity (Wildman–Crippen MR) is 96.9 cm³/mol. The Labute approximate surface area is 138 Å². The minimum atomic E-state index is -0.430. The molecule has 22 heavy (non-hydrogen) atoms. The zero-order chi connectivity index (χ0) is 15.4. The Morgan fingerprint density at radius 1 is 1.05 bits per heavy atom. The highest BCUT2D eigenvalue weighted by atomic mass is 35.5. The lowest BCUT2D eigenvalue weighted by atomic mass is 9.83. The molecular weight excluding hydrogens is 288 g/mol. The van der Waals surface area contributed by atoms with Crippen LogP contribution in [0, 0.1) is 6.92 Å². The first-order valence-electron chi connectivity index (χ1n) is 7.72. The van der Waals surface area contributed by atoms with Gasteiger partial charge in [0.2, 0.25) is 0 Å². The Morgan fingerprint density at radius 2 is 1.77 bits per heavy atom. The smallest absolute Gasteiger partial charge is 0.0732 e. The normalized spacial score (nSPS) is 19.3. The average Bonchev–Trinajstić information content (AvgIpc) is 2.99. The van der Waals surface area contributed by atoms with E-state index in [1.165, 1.54) is 16.7 Å². The van der Waals surface area contributed by atoms with Gasteiger partial charge in [0.15, 0.2) is 0 Å². The van der Waals surface area contributed by atoms with Crippen molar-refractivity contribution in [2.75, 3.05) is 0 Å². The van der Waals surface area contributed by atoms with Crippen LogP contribution in [0.5, 0.6) is 0 Å². The standard InChI is InChI=1S/C21H20Cl/c1-2-15-21(22,16-14-17-8-4-3-5-9-17)20-13-12-18-10-6-7-11-19(18)20/h3-14,16,20H,1-2,15H2. The summed E-state index contributed by atoms with van der Waals surface area (Å²) in [5.41, 5.74) is 3.75. The molecule has 0 bridgehead atoms. The summed E-state index contributed by atoms with van der Waals surface area (Å²) in [6, 6.07) is 18.8. The van der Waals surface area contributed by atoms with Crippen molar-refractivity contribution in [1.29, 1.82) is 0 Å². The minimum absolute atomic E-state index is 0.201. The van der Waals surface area contributed by atoms with Gasteiger partial charge in [-0.15, -0.1) is 11.6 Å². The van der Waals surface area contributed by atoms with Gasteiger partial charge in [-0.05, 0) is 23.1 Å². The first-order valence-corrected chi connectivity index (χ1v) is 8.10. The molecule has 2 aromatic carbocycles. The summed E-state index contributed by atoms with van der Waals surface area (Å²) in [6.07, 6.45) is 10.3. The maximum Gasteiger partial charge on any atom is 0.0732 e. The van der Waals surface area contributed by atoms with Crippen LogP contribution < -0.4 is 0 Å². The van der Waals surface area contributed by atoms with Crippen molar-refractivity contribution in [2.24, 2.45) is 0 Å². The molecule has 0 spiro atoms. The molecule has 0 aromatic heterocycles. The second-order valence-electron chi connectivity index (χ2n) is 5.74. The molecule has 0 fully saturated rings. The van der Waals surface area contributed by atoms with Gasteiger partial charge in [0.1, 0.15) is 0 Å². The first-order chi connectivity index (χ1) is 10.7. The SMILES string of the molecule is [CH2]CCC(Cl)(C=Cc1ccccc1)C1C=Cc2ccccc21. The number of hydrogen-bond donors (Lipinski definition) is 0. The number of alkyl halides is 1. The topological polar surface area (TPSA) is 0 Å². The van der Waals surface area contributed by atoms with E-state index in [9.17, 15) is 0 Å². The quantitative estimate of drug-likeness (QED) is 0.585. The van der Waals surface area contributed by atoms with E-state index in [2.05, 4.69) is 67.6 Å². The van der Waals surface area contributed by atoms with Crippen molar-refractivity contribution in [3.63, 3.8) is 0 Å². The van der Waals surface area contributed by atoms with E-state index in [-0.39, 0.29) is 5.92 Å². The van der Waals surface area contributed by atoms with Crippen molar-refractivity contribution in [2.45, 2.75) is 23.6 Å². The summed E-state index contributed by atoms with van der Waals surface area (Å²) in [7, 11) is 0. The zero-order valence-electron chi connectivity index (χ0n) is 12.6. The maximum absolute atomic E-state index is 7.05. The molecule has 0 nitrogen and oxygen atoms in total. The number of benzene rings is 2. The van der Waals surface area contributed by atoms with Gasteiger partial charge in [-0.25, -0.2) is 0 Å². The second-order valence-corrected chi connectivity index (χ2v) is 6.44. The van der Waals surface area contributed by atoms with Gasteiger partial charge in [-0.1, -0.05) is 92.2 Å². The average molecular weight is 308 g/mol. The molecule has 0 aliphatic heterocycles. The minimum Gasteiger partial charge on any atom is -0.114 e. The molecule has 0 saturated heterocycles. The van der Waals surface area contributed by atoms with E-state index >= 15 is 0 Å². The second kappa shape index (κ2) is 6.54. The number of rotatable bonds is 5. The van der Waals surface area contributed by atoms with Crippen molar-refractivity contribution in [1.82, 2.24) is 0 Å². The van der Waals surface area contributed by atoms with E-state index in [1.807, 2.05) is 18.2 Å². The number of hydrogen-bond acceptors (Lipinski definition) is 0. The van der Waals surface area contributed by atoms with Crippen LogP contribution in [-0.2, 0) is 0 Å². The van der Waals surface area contributed by atoms with E-state index in [0.717, 1.165) is 12.8 Å². The van der Waals surface area contributed by atoms with Crippen LogP contribution in [0.3, 0.4) is 0 Å². The van der Waals surface area contributed by atoms with Crippen molar-refractivity contribution in [3.05, 3.63) is 90.4 Å². The van der Waals surface area contributed by atoms with Crippen molar-refractivity contribution >= 4 is 23.8 Å². The van der Waals surface area contributed by atoms with Crippen LogP contribution in [-0.4, -0.2) is 4.87 Å². The fourth-order valence-electron chi connectivity index (χ4n) is 3.08. The summed E-state index contributed by atoms with van der Waals surface area (Å²) in [6.45, 7) is 4.01. The molecule has 1 heteroatoms. The molecular formula is C21H20Cl. The molecule has 2 atom stereocenters. The van der Waals surface area contributed by atoms with Gasteiger partial charge in [0.25, 0.3) is 0 Å². The molecule has 3 rings (SSSR count). The lowest BCUT2D eigenvalue weighted by molar-refractivity contribution is 0.586. The lowest BCUT2D eigenvalue weighted by Crippen LogP contribution is -2.26. The third-order valence-corrected chi connectivity index (χ3v) is 4.78.